The van der Waals surface area contributed by atoms with Crippen LogP contribution in [0.4, 0.5) is 32.2 Å². The van der Waals surface area contributed by atoms with Crippen LogP contribution >= 0.6 is 0 Å². The molecule has 2 aromatic heterocycles. The van der Waals surface area contributed by atoms with Crippen LogP contribution in [0.25, 0.3) is 10.8 Å². The second-order valence-electron chi connectivity index (χ2n) is 9.75. The summed E-state index contributed by atoms with van der Waals surface area (Å²) in [5.74, 6) is -1.37. The van der Waals surface area contributed by atoms with Gasteiger partial charge >= 0.3 is 6.18 Å². The zero-order valence-corrected chi connectivity index (χ0v) is 19.8. The summed E-state index contributed by atoms with van der Waals surface area (Å²) in [6.45, 7) is 1.71. The number of likely N-dealkylation sites (tertiary alicyclic amines) is 1. The number of alkyl halides is 5. The van der Waals surface area contributed by atoms with E-state index in [1.165, 1.54) is 30.8 Å². The van der Waals surface area contributed by atoms with Crippen molar-refractivity contribution in [3.05, 3.63) is 68.1 Å². The minimum Gasteiger partial charge on any atom is -0.361 e. The highest BCUT2D eigenvalue weighted by atomic mass is 19.4. The average molecular weight is 527 g/mol. The number of halogens is 6. The molecule has 3 aromatic rings. The van der Waals surface area contributed by atoms with E-state index in [-0.39, 0.29) is 34.6 Å². The van der Waals surface area contributed by atoms with Crippen LogP contribution < -0.4 is 16.4 Å². The summed E-state index contributed by atoms with van der Waals surface area (Å²) in [4.78, 5) is 27.4. The number of nitrogens with one attached hydrogen (secondary N) is 1. The molecule has 3 atom stereocenters. The van der Waals surface area contributed by atoms with Gasteiger partial charge in [-0.25, -0.2) is 17.9 Å². The second kappa shape index (κ2) is 8.61. The Labute approximate surface area is 206 Å². The number of hydrogen-bond donors (Lipinski definition) is 1. The van der Waals surface area contributed by atoms with Gasteiger partial charge in [0.2, 0.25) is 0 Å². The van der Waals surface area contributed by atoms with E-state index >= 15 is 0 Å². The molecular formula is C24H23F6N5O2. The molecule has 198 valence electrons. The molecule has 2 unspecified atom stereocenters. The Morgan fingerprint density at radius 1 is 1.22 bits per heavy atom. The van der Waals surface area contributed by atoms with Crippen molar-refractivity contribution < 1.29 is 26.3 Å². The number of anilines is 1. The number of benzene rings is 1. The number of aryl methyl sites for hydroxylation is 1. The van der Waals surface area contributed by atoms with E-state index < -0.39 is 53.2 Å². The molecule has 0 bridgehead atoms. The summed E-state index contributed by atoms with van der Waals surface area (Å²) in [6, 6.07) is 3.12. The SMILES string of the molecule is C[C@@H](Nc1nn(C)c(=O)c2cc(=O)n(C34CC3CN(CC(F)F)C4)cc12)c1cccc(C(F)(F)F)c1F. The van der Waals surface area contributed by atoms with Gasteiger partial charge in [0.1, 0.15) is 5.82 Å². The number of hydrogen-bond acceptors (Lipinski definition) is 5. The maximum atomic E-state index is 14.7. The van der Waals surface area contributed by atoms with Gasteiger partial charge in [0.25, 0.3) is 17.5 Å². The molecule has 1 saturated carbocycles. The molecule has 13 heteroatoms. The Hall–Kier alpha value is -3.35. The number of nitrogens with zero attached hydrogens (tertiary/aromatic N) is 4. The maximum absolute atomic E-state index is 14.7. The number of rotatable bonds is 6. The number of fused-ring (bicyclic) bond motifs is 2. The van der Waals surface area contributed by atoms with E-state index in [9.17, 15) is 35.9 Å². The summed E-state index contributed by atoms with van der Waals surface area (Å²) >= 11 is 0. The van der Waals surface area contributed by atoms with Crippen molar-refractivity contribution in [2.24, 2.45) is 13.0 Å². The molecule has 37 heavy (non-hydrogen) atoms. The average Bonchev–Trinajstić information content (AvgIpc) is 3.36. The Balaban J connectivity index is 1.56. The first-order valence-corrected chi connectivity index (χ1v) is 11.6. The number of aromatic nitrogens is 3. The van der Waals surface area contributed by atoms with Crippen molar-refractivity contribution in [3.63, 3.8) is 0 Å². The Bertz CT molecular complexity index is 1500. The first-order valence-electron chi connectivity index (χ1n) is 11.6. The lowest BCUT2D eigenvalue weighted by Gasteiger charge is -2.23. The zero-order valence-electron chi connectivity index (χ0n) is 19.8. The summed E-state index contributed by atoms with van der Waals surface area (Å²) in [5.41, 5.74) is -3.39. The van der Waals surface area contributed by atoms with Gasteiger partial charge in [0.05, 0.1) is 29.1 Å². The van der Waals surface area contributed by atoms with Crippen molar-refractivity contribution in [1.82, 2.24) is 19.2 Å². The molecule has 7 nitrogen and oxygen atoms in total. The Morgan fingerprint density at radius 2 is 1.95 bits per heavy atom. The molecule has 0 amide bonds. The van der Waals surface area contributed by atoms with Crippen LogP contribution in [-0.4, -0.2) is 45.3 Å². The first kappa shape index (κ1) is 25.3. The van der Waals surface area contributed by atoms with Crippen molar-refractivity contribution in [2.75, 3.05) is 25.0 Å². The van der Waals surface area contributed by atoms with Gasteiger partial charge in [0.15, 0.2) is 5.82 Å². The van der Waals surface area contributed by atoms with Crippen LogP contribution in [0.1, 0.15) is 30.5 Å². The van der Waals surface area contributed by atoms with Gasteiger partial charge in [-0.3, -0.25) is 14.5 Å². The molecule has 0 spiro atoms. The number of piperidine rings is 1. The maximum Gasteiger partial charge on any atom is 0.419 e. The van der Waals surface area contributed by atoms with Crippen LogP contribution in [0.5, 0.6) is 0 Å². The molecule has 2 aliphatic rings. The van der Waals surface area contributed by atoms with Gasteiger partial charge < -0.3 is 9.88 Å². The molecule has 1 aromatic carbocycles. The molecule has 1 N–H and O–H groups in total. The zero-order chi connectivity index (χ0) is 26.9. The summed E-state index contributed by atoms with van der Waals surface area (Å²) in [6.07, 6.45) is -5.33. The lowest BCUT2D eigenvalue weighted by Crippen LogP contribution is -2.38. The minimum absolute atomic E-state index is 0.00422. The normalized spacial score (nSPS) is 22.5. The van der Waals surface area contributed by atoms with Gasteiger partial charge in [-0.1, -0.05) is 12.1 Å². The fourth-order valence-electron chi connectivity index (χ4n) is 5.43. The van der Waals surface area contributed by atoms with Crippen molar-refractivity contribution in [3.8, 4) is 0 Å². The van der Waals surface area contributed by atoms with Crippen LogP contribution in [0.15, 0.2) is 40.1 Å². The van der Waals surface area contributed by atoms with E-state index in [4.69, 9.17) is 0 Å². The van der Waals surface area contributed by atoms with Crippen LogP contribution in [0.2, 0.25) is 0 Å². The van der Waals surface area contributed by atoms with Gasteiger partial charge in [0, 0.05) is 43.4 Å². The fourth-order valence-corrected chi connectivity index (χ4v) is 5.43. The summed E-state index contributed by atoms with van der Waals surface area (Å²) in [5, 5.41) is 7.30. The van der Waals surface area contributed by atoms with Crippen LogP contribution in [-0.2, 0) is 18.8 Å². The topological polar surface area (TPSA) is 72.2 Å². The fraction of sp³-hybridized carbons (Fsp3) is 0.458. The third kappa shape index (κ3) is 4.28. The quantitative estimate of drug-likeness (QED) is 0.495. The predicted molar refractivity (Wildman–Crippen MR) is 123 cm³/mol. The predicted octanol–water partition coefficient (Wildman–Crippen LogP) is 3.72. The summed E-state index contributed by atoms with van der Waals surface area (Å²) < 4.78 is 82.6. The van der Waals surface area contributed by atoms with Gasteiger partial charge in [-0.15, -0.1) is 0 Å². The smallest absolute Gasteiger partial charge is 0.361 e. The van der Waals surface area contributed by atoms with E-state index in [2.05, 4.69) is 10.4 Å². The molecule has 2 fully saturated rings. The van der Waals surface area contributed by atoms with Crippen molar-refractivity contribution >= 4 is 16.6 Å². The highest BCUT2D eigenvalue weighted by molar-refractivity contribution is 5.90. The van der Waals surface area contributed by atoms with E-state index in [1.54, 1.807) is 4.90 Å². The molecule has 1 aliphatic carbocycles. The second-order valence-corrected chi connectivity index (χ2v) is 9.75. The van der Waals surface area contributed by atoms with Crippen LogP contribution in [0, 0.1) is 11.7 Å². The van der Waals surface area contributed by atoms with Gasteiger partial charge in [-0.05, 0) is 25.3 Å². The van der Waals surface area contributed by atoms with Crippen molar-refractivity contribution in [2.45, 2.75) is 37.5 Å². The first-order chi connectivity index (χ1) is 17.3. The molecule has 1 aliphatic heterocycles. The van der Waals surface area contributed by atoms with Crippen molar-refractivity contribution in [1.29, 1.82) is 0 Å². The molecule has 5 rings (SSSR count). The van der Waals surface area contributed by atoms with Gasteiger partial charge in [-0.2, -0.15) is 18.3 Å². The van der Waals surface area contributed by atoms with E-state index in [0.29, 0.717) is 19.0 Å². The monoisotopic (exact) mass is 527 g/mol. The lowest BCUT2D eigenvalue weighted by molar-refractivity contribution is -0.140. The largest absolute Gasteiger partial charge is 0.419 e. The lowest BCUT2D eigenvalue weighted by atomic mass is 10.0. The third-order valence-electron chi connectivity index (χ3n) is 7.29. The third-order valence-corrected chi connectivity index (χ3v) is 7.29. The van der Waals surface area contributed by atoms with E-state index in [1.807, 2.05) is 0 Å². The molecule has 0 radical (unpaired) electrons. The Morgan fingerprint density at radius 3 is 2.62 bits per heavy atom. The summed E-state index contributed by atoms with van der Waals surface area (Å²) in [7, 11) is 1.35. The molecular weight excluding hydrogens is 504 g/mol. The minimum atomic E-state index is -4.88. The Kier molecular flexibility index (Phi) is 5.89. The number of pyridine rings is 1. The molecule has 3 heterocycles. The highest BCUT2D eigenvalue weighted by Crippen LogP contribution is 2.55. The highest BCUT2D eigenvalue weighted by Gasteiger charge is 2.61. The standard InChI is InChI=1S/C24H23F6N5O2/c1-12(14-4-3-5-17(20(14)27)24(28,29)30)31-21-16-9-35(19(36)6-15(16)22(37)33(2)32-21)23-7-13(23)8-34(11-23)10-18(25)26/h3-6,9,12-13,18H,7-8,10-11H2,1-2H3,(H,31,32)/t12-,13?,23?/m1/s1. The molecule has 1 saturated heterocycles. The van der Waals surface area contributed by atoms with E-state index in [0.717, 1.165) is 16.8 Å². The van der Waals surface area contributed by atoms with Crippen LogP contribution in [0.3, 0.4) is 0 Å².